The van der Waals surface area contributed by atoms with Crippen LogP contribution in [0, 0.1) is 12.7 Å². The summed E-state index contributed by atoms with van der Waals surface area (Å²) in [5.41, 5.74) is -1.76. The Hall–Kier alpha value is -1.35. The first kappa shape index (κ1) is 19.0. The van der Waals surface area contributed by atoms with Crippen molar-refractivity contribution in [3.63, 3.8) is 0 Å². The van der Waals surface area contributed by atoms with Crippen LogP contribution in [0.25, 0.3) is 0 Å². The van der Waals surface area contributed by atoms with Crippen LogP contribution in [0.2, 0.25) is 0 Å². The van der Waals surface area contributed by atoms with Crippen molar-refractivity contribution in [1.29, 1.82) is 0 Å². The first-order valence-corrected chi connectivity index (χ1v) is 8.52. The van der Waals surface area contributed by atoms with E-state index in [1.807, 2.05) is 0 Å². The van der Waals surface area contributed by atoms with Gasteiger partial charge in [-0.1, -0.05) is 33.2 Å². The fraction of sp³-hybridized carbons (Fsp3) is 0.200. The van der Waals surface area contributed by atoms with Gasteiger partial charge in [0.05, 0.1) is 11.1 Å². The molecule has 0 aliphatic heterocycles. The molecule has 0 heterocycles. The van der Waals surface area contributed by atoms with Gasteiger partial charge in [-0.15, -0.1) is 0 Å². The van der Waals surface area contributed by atoms with Gasteiger partial charge in [0.1, 0.15) is 5.82 Å². The van der Waals surface area contributed by atoms with Gasteiger partial charge < -0.3 is 0 Å². The molecule has 0 spiro atoms. The summed E-state index contributed by atoms with van der Waals surface area (Å²) in [6.45, 7) is 1.48. The van der Waals surface area contributed by atoms with Gasteiger partial charge in [-0.25, -0.2) is 4.39 Å². The van der Waals surface area contributed by atoms with E-state index in [1.165, 1.54) is 19.1 Å². The van der Waals surface area contributed by atoms with Crippen molar-refractivity contribution in [3.05, 3.63) is 58.9 Å². The fourth-order valence-corrected chi connectivity index (χ4v) is 4.19. The van der Waals surface area contributed by atoms with Crippen molar-refractivity contribution >= 4 is 21.6 Å². The molecular formula is C15H9F7S2. The van der Waals surface area contributed by atoms with Crippen LogP contribution in [0.1, 0.15) is 16.7 Å². The summed E-state index contributed by atoms with van der Waals surface area (Å²) in [5.74, 6) is -1.07. The first-order valence-electron chi connectivity index (χ1n) is 6.37. The van der Waals surface area contributed by atoms with E-state index < -0.39 is 29.3 Å². The van der Waals surface area contributed by atoms with Crippen LogP contribution in [0.5, 0.6) is 0 Å². The highest BCUT2D eigenvalue weighted by Gasteiger charge is 2.36. The maximum absolute atomic E-state index is 13.0. The standard InChI is InChI=1S/C15H9F7S2/c1-8-2-4-12(10(6-8)14(17,18)19)23-24-13-5-3-9(16)7-11(13)15(20,21)22/h2-7H,1H3. The largest absolute Gasteiger partial charge is 0.417 e. The molecule has 0 bridgehead atoms. The second-order valence-corrected chi connectivity index (χ2v) is 7.02. The van der Waals surface area contributed by atoms with E-state index >= 15 is 0 Å². The highest BCUT2D eigenvalue weighted by molar-refractivity contribution is 8.76. The zero-order valence-corrected chi connectivity index (χ0v) is 13.6. The van der Waals surface area contributed by atoms with Crippen LogP contribution in [-0.4, -0.2) is 0 Å². The monoisotopic (exact) mass is 386 g/mol. The minimum absolute atomic E-state index is 0.212. The summed E-state index contributed by atoms with van der Waals surface area (Å²) in [7, 11) is 1.05. The maximum Gasteiger partial charge on any atom is 0.417 e. The maximum atomic E-state index is 13.0. The summed E-state index contributed by atoms with van der Waals surface area (Å²) in [6.07, 6.45) is -9.42. The Kier molecular flexibility index (Phi) is 5.44. The quantitative estimate of drug-likeness (QED) is 0.413. The summed E-state index contributed by atoms with van der Waals surface area (Å²) in [5, 5.41) is 0. The molecule has 0 atom stereocenters. The zero-order chi connectivity index (χ0) is 18.1. The first-order chi connectivity index (χ1) is 11.0. The van der Waals surface area contributed by atoms with Crippen molar-refractivity contribution in [3.8, 4) is 0 Å². The minimum Gasteiger partial charge on any atom is -0.207 e. The lowest BCUT2D eigenvalue weighted by atomic mass is 10.1. The number of alkyl halides is 6. The molecule has 0 N–H and O–H groups in total. The molecular weight excluding hydrogens is 377 g/mol. The number of hydrogen-bond donors (Lipinski definition) is 0. The molecule has 0 fully saturated rings. The highest BCUT2D eigenvalue weighted by atomic mass is 33.1. The van der Waals surface area contributed by atoms with E-state index in [2.05, 4.69) is 0 Å². The van der Waals surface area contributed by atoms with Crippen molar-refractivity contribution in [1.82, 2.24) is 0 Å². The van der Waals surface area contributed by atoms with Gasteiger partial charge in [-0.2, -0.15) is 26.3 Å². The number of aryl methyl sites for hydroxylation is 1. The zero-order valence-electron chi connectivity index (χ0n) is 11.9. The molecule has 130 valence electrons. The molecule has 0 saturated carbocycles. The molecule has 0 radical (unpaired) electrons. The van der Waals surface area contributed by atoms with Gasteiger partial charge in [0, 0.05) is 9.79 Å². The Morgan fingerprint density at radius 2 is 1.17 bits per heavy atom. The van der Waals surface area contributed by atoms with Crippen LogP contribution >= 0.6 is 21.6 Å². The Morgan fingerprint density at radius 1 is 0.708 bits per heavy atom. The van der Waals surface area contributed by atoms with Gasteiger partial charge >= 0.3 is 12.4 Å². The Labute approximate surface area is 140 Å². The van der Waals surface area contributed by atoms with Gasteiger partial charge in [-0.3, -0.25) is 0 Å². The molecule has 0 unspecified atom stereocenters. The van der Waals surface area contributed by atoms with Crippen LogP contribution in [-0.2, 0) is 12.4 Å². The second-order valence-electron chi connectivity index (χ2n) is 4.80. The number of halogens is 7. The Morgan fingerprint density at radius 3 is 1.67 bits per heavy atom. The highest BCUT2D eigenvalue weighted by Crippen LogP contribution is 2.47. The second kappa shape index (κ2) is 6.87. The molecule has 2 aromatic rings. The van der Waals surface area contributed by atoms with Gasteiger partial charge in [0.2, 0.25) is 0 Å². The number of rotatable bonds is 3. The fourth-order valence-electron chi connectivity index (χ4n) is 1.82. The molecule has 0 aliphatic carbocycles. The normalized spacial score (nSPS) is 12.5. The third-order valence-corrected chi connectivity index (χ3v) is 5.39. The third-order valence-electron chi connectivity index (χ3n) is 2.91. The smallest absolute Gasteiger partial charge is 0.207 e. The van der Waals surface area contributed by atoms with Gasteiger partial charge in [0.15, 0.2) is 0 Å². The van der Waals surface area contributed by atoms with Crippen LogP contribution in [0.3, 0.4) is 0 Å². The lowest BCUT2D eigenvalue weighted by Gasteiger charge is -2.15. The van der Waals surface area contributed by atoms with Crippen molar-refractivity contribution in [2.75, 3.05) is 0 Å². The van der Waals surface area contributed by atoms with E-state index in [0.29, 0.717) is 33.2 Å². The minimum atomic E-state index is -4.80. The van der Waals surface area contributed by atoms with E-state index in [1.54, 1.807) is 0 Å². The summed E-state index contributed by atoms with van der Waals surface area (Å²) < 4.78 is 90.8. The van der Waals surface area contributed by atoms with Crippen molar-refractivity contribution in [2.45, 2.75) is 29.1 Å². The third kappa shape index (κ3) is 4.60. The van der Waals surface area contributed by atoms with Crippen LogP contribution in [0.15, 0.2) is 46.2 Å². The molecule has 0 aliphatic rings. The summed E-state index contributed by atoms with van der Waals surface area (Å²) >= 11 is 0. The molecule has 2 aromatic carbocycles. The molecule has 0 saturated heterocycles. The molecule has 0 aromatic heterocycles. The van der Waals surface area contributed by atoms with E-state index in [-0.39, 0.29) is 9.79 Å². The lowest BCUT2D eigenvalue weighted by molar-refractivity contribution is -0.140. The van der Waals surface area contributed by atoms with Crippen LogP contribution < -0.4 is 0 Å². The summed E-state index contributed by atoms with van der Waals surface area (Å²) in [6, 6.07) is 5.62. The molecule has 2 rings (SSSR count). The molecule has 24 heavy (non-hydrogen) atoms. The van der Waals surface area contributed by atoms with Crippen molar-refractivity contribution < 1.29 is 30.7 Å². The number of hydrogen-bond acceptors (Lipinski definition) is 2. The van der Waals surface area contributed by atoms with E-state index in [4.69, 9.17) is 0 Å². The number of benzene rings is 2. The van der Waals surface area contributed by atoms with E-state index in [0.717, 1.165) is 18.2 Å². The SMILES string of the molecule is Cc1ccc(SSc2ccc(F)cc2C(F)(F)F)c(C(F)(F)F)c1. The molecule has 9 heteroatoms. The van der Waals surface area contributed by atoms with Gasteiger partial charge in [-0.05, 0) is 37.3 Å². The topological polar surface area (TPSA) is 0 Å². The van der Waals surface area contributed by atoms with Gasteiger partial charge in [0.25, 0.3) is 0 Å². The van der Waals surface area contributed by atoms with E-state index in [9.17, 15) is 30.7 Å². The predicted molar refractivity (Wildman–Crippen MR) is 79.3 cm³/mol. The Bertz CT molecular complexity index is 672. The lowest BCUT2D eigenvalue weighted by Crippen LogP contribution is -2.08. The predicted octanol–water partition coefficient (Wildman–Crippen LogP) is 6.97. The molecule has 0 nitrogen and oxygen atoms in total. The van der Waals surface area contributed by atoms with Crippen molar-refractivity contribution in [2.24, 2.45) is 0 Å². The van der Waals surface area contributed by atoms with Crippen LogP contribution in [0.4, 0.5) is 30.7 Å². The average molecular weight is 386 g/mol. The average Bonchev–Trinajstić information content (AvgIpc) is 2.45. The Balaban J connectivity index is 2.33. The summed E-state index contributed by atoms with van der Waals surface area (Å²) in [4.78, 5) is -0.571. The molecule has 0 amide bonds.